The van der Waals surface area contributed by atoms with Crippen molar-refractivity contribution >= 4 is 11.7 Å². The molecule has 1 amide bonds. The van der Waals surface area contributed by atoms with Crippen LogP contribution in [0.15, 0.2) is 9.68 Å². The Morgan fingerprint density at radius 1 is 1.71 bits per heavy atom. The van der Waals surface area contributed by atoms with E-state index in [1.54, 1.807) is 13.8 Å². The zero-order valence-corrected chi connectivity index (χ0v) is 9.67. The lowest BCUT2D eigenvalue weighted by Crippen LogP contribution is -2.38. The van der Waals surface area contributed by atoms with Crippen LogP contribution >= 0.6 is 0 Å². The fraction of sp³-hybridized carbons (Fsp3) is 0.556. The molecule has 1 atom stereocenters. The van der Waals surface area contributed by atoms with Gasteiger partial charge in [-0.15, -0.1) is 0 Å². The number of aromatic nitrogens is 2. The average Bonchev–Trinajstić information content (AvgIpc) is 2.72. The van der Waals surface area contributed by atoms with Crippen molar-refractivity contribution in [2.45, 2.75) is 20.3 Å². The molecule has 0 aromatic carbocycles. The molecule has 0 bridgehead atoms. The van der Waals surface area contributed by atoms with Gasteiger partial charge in [-0.1, -0.05) is 10.3 Å². The van der Waals surface area contributed by atoms with Gasteiger partial charge in [-0.2, -0.15) is 4.98 Å². The number of carbonyl (C=O) groups excluding carboxylic acids is 1. The van der Waals surface area contributed by atoms with Gasteiger partial charge in [0.15, 0.2) is 11.7 Å². The van der Waals surface area contributed by atoms with Gasteiger partial charge in [-0.3, -0.25) is 4.79 Å². The second-order valence-electron chi connectivity index (χ2n) is 3.52. The summed E-state index contributed by atoms with van der Waals surface area (Å²) >= 11 is 0. The van der Waals surface area contributed by atoms with Gasteiger partial charge in [0.1, 0.15) is 0 Å². The maximum Gasteiger partial charge on any atom is 0.230 e. The van der Waals surface area contributed by atoms with Gasteiger partial charge in [0, 0.05) is 13.0 Å². The van der Waals surface area contributed by atoms with E-state index in [0.717, 1.165) is 0 Å². The van der Waals surface area contributed by atoms with Crippen molar-refractivity contribution in [2.24, 2.45) is 16.8 Å². The summed E-state index contributed by atoms with van der Waals surface area (Å²) < 4.78 is 4.87. The molecule has 0 saturated heterocycles. The molecule has 94 valence electrons. The van der Waals surface area contributed by atoms with Crippen LogP contribution in [-0.2, 0) is 11.2 Å². The molecule has 1 heterocycles. The normalized spacial score (nSPS) is 13.4. The zero-order chi connectivity index (χ0) is 12.8. The van der Waals surface area contributed by atoms with Crippen LogP contribution in [0.4, 0.5) is 0 Å². The van der Waals surface area contributed by atoms with Crippen molar-refractivity contribution < 1.29 is 14.5 Å². The minimum Gasteiger partial charge on any atom is -0.409 e. The number of nitrogens with one attached hydrogen (secondary N) is 1. The molecule has 0 aliphatic carbocycles. The van der Waals surface area contributed by atoms with Crippen LogP contribution in [-0.4, -0.2) is 33.6 Å². The van der Waals surface area contributed by atoms with Crippen molar-refractivity contribution in [3.8, 4) is 0 Å². The van der Waals surface area contributed by atoms with Crippen LogP contribution in [0.3, 0.4) is 0 Å². The maximum atomic E-state index is 11.5. The van der Waals surface area contributed by atoms with E-state index in [1.165, 1.54) is 0 Å². The van der Waals surface area contributed by atoms with Crippen LogP contribution in [0.25, 0.3) is 0 Å². The Hall–Kier alpha value is -2.12. The van der Waals surface area contributed by atoms with E-state index in [1.807, 2.05) is 0 Å². The third kappa shape index (κ3) is 3.74. The first-order valence-corrected chi connectivity index (χ1v) is 5.09. The van der Waals surface area contributed by atoms with Gasteiger partial charge >= 0.3 is 0 Å². The molecule has 17 heavy (non-hydrogen) atoms. The predicted octanol–water partition coefficient (Wildman–Crippen LogP) is -0.581. The quantitative estimate of drug-likeness (QED) is 0.274. The maximum absolute atomic E-state index is 11.5. The van der Waals surface area contributed by atoms with Crippen molar-refractivity contribution in [1.29, 1.82) is 0 Å². The highest BCUT2D eigenvalue weighted by Crippen LogP contribution is 1.97. The third-order valence-electron chi connectivity index (χ3n) is 2.16. The number of amides is 1. The molecule has 0 aliphatic rings. The van der Waals surface area contributed by atoms with E-state index in [9.17, 15) is 4.79 Å². The molecule has 1 aromatic heterocycles. The van der Waals surface area contributed by atoms with E-state index in [4.69, 9.17) is 15.5 Å². The first-order valence-electron chi connectivity index (χ1n) is 5.09. The van der Waals surface area contributed by atoms with Crippen molar-refractivity contribution in [3.05, 3.63) is 11.7 Å². The van der Waals surface area contributed by atoms with Crippen LogP contribution in [0.1, 0.15) is 18.6 Å². The minimum atomic E-state index is -0.676. The Labute approximate surface area is 97.9 Å². The molecule has 1 aromatic rings. The highest BCUT2D eigenvalue weighted by molar-refractivity contribution is 6.01. The lowest BCUT2D eigenvalue weighted by molar-refractivity contribution is -0.122. The molecule has 0 spiro atoms. The molecule has 0 fully saturated rings. The summed E-state index contributed by atoms with van der Waals surface area (Å²) in [5.74, 6) is -0.118. The second-order valence-corrected chi connectivity index (χ2v) is 3.52. The zero-order valence-electron chi connectivity index (χ0n) is 9.67. The second kappa shape index (κ2) is 5.83. The van der Waals surface area contributed by atoms with Crippen LogP contribution in [0, 0.1) is 12.8 Å². The van der Waals surface area contributed by atoms with E-state index >= 15 is 0 Å². The number of carbonyl (C=O) groups is 1. The lowest BCUT2D eigenvalue weighted by atomic mass is 10.1. The number of aryl methyl sites for hydroxylation is 1. The molecule has 0 radical (unpaired) electrons. The van der Waals surface area contributed by atoms with Crippen LogP contribution < -0.4 is 11.1 Å². The number of nitrogens with zero attached hydrogens (tertiary/aromatic N) is 3. The number of oxime groups is 1. The number of hydrogen-bond acceptors (Lipinski definition) is 6. The number of hydrogen-bond donors (Lipinski definition) is 3. The predicted molar refractivity (Wildman–Crippen MR) is 58.3 cm³/mol. The van der Waals surface area contributed by atoms with Crippen LogP contribution in [0.2, 0.25) is 0 Å². The van der Waals surface area contributed by atoms with Gasteiger partial charge in [0.2, 0.25) is 11.8 Å². The van der Waals surface area contributed by atoms with Gasteiger partial charge in [0.05, 0.1) is 5.92 Å². The standard InChI is InChI=1S/C9H15N5O3/c1-5(8(10)13-16)9(15)11-4-3-7-12-6(2)14-17-7/h5,16H,3-4H2,1-2H3,(H2,10,13)(H,11,15). The molecular formula is C9H15N5O3. The Bertz CT molecular complexity index is 415. The van der Waals surface area contributed by atoms with Gasteiger partial charge in [-0.25, -0.2) is 0 Å². The summed E-state index contributed by atoms with van der Waals surface area (Å²) in [6.07, 6.45) is 0.440. The summed E-state index contributed by atoms with van der Waals surface area (Å²) in [5.41, 5.74) is 5.30. The van der Waals surface area contributed by atoms with Crippen LogP contribution in [0.5, 0.6) is 0 Å². The molecule has 8 nitrogen and oxygen atoms in total. The summed E-state index contributed by atoms with van der Waals surface area (Å²) in [7, 11) is 0. The largest absolute Gasteiger partial charge is 0.409 e. The fourth-order valence-corrected chi connectivity index (χ4v) is 1.11. The molecule has 0 aliphatic heterocycles. The molecule has 0 saturated carbocycles. The smallest absolute Gasteiger partial charge is 0.230 e. The Kier molecular flexibility index (Phi) is 4.44. The summed E-state index contributed by atoms with van der Waals surface area (Å²) in [6.45, 7) is 3.61. The van der Waals surface area contributed by atoms with Gasteiger partial charge in [0.25, 0.3) is 0 Å². The highest BCUT2D eigenvalue weighted by atomic mass is 16.5. The first-order chi connectivity index (χ1) is 8.04. The highest BCUT2D eigenvalue weighted by Gasteiger charge is 2.17. The third-order valence-corrected chi connectivity index (χ3v) is 2.16. The van der Waals surface area contributed by atoms with E-state index in [2.05, 4.69) is 20.6 Å². The monoisotopic (exact) mass is 241 g/mol. The summed E-state index contributed by atoms with van der Waals surface area (Å²) in [4.78, 5) is 15.5. The fourth-order valence-electron chi connectivity index (χ4n) is 1.11. The number of amidine groups is 1. The Balaban J connectivity index is 2.34. The van der Waals surface area contributed by atoms with E-state index in [-0.39, 0.29) is 11.7 Å². The molecule has 4 N–H and O–H groups in total. The molecular weight excluding hydrogens is 226 g/mol. The van der Waals surface area contributed by atoms with Gasteiger partial charge < -0.3 is 20.8 Å². The number of nitrogens with two attached hydrogens (primary N) is 1. The van der Waals surface area contributed by atoms with E-state index < -0.39 is 5.92 Å². The van der Waals surface area contributed by atoms with E-state index in [0.29, 0.717) is 24.7 Å². The Morgan fingerprint density at radius 2 is 2.41 bits per heavy atom. The summed E-state index contributed by atoms with van der Waals surface area (Å²) in [6, 6.07) is 0. The van der Waals surface area contributed by atoms with Crippen molar-refractivity contribution in [2.75, 3.05) is 6.54 Å². The van der Waals surface area contributed by atoms with Crippen molar-refractivity contribution in [1.82, 2.24) is 15.5 Å². The first kappa shape index (κ1) is 12.9. The van der Waals surface area contributed by atoms with Gasteiger partial charge in [-0.05, 0) is 13.8 Å². The lowest BCUT2D eigenvalue weighted by Gasteiger charge is -2.09. The van der Waals surface area contributed by atoms with Crippen molar-refractivity contribution in [3.63, 3.8) is 0 Å². The molecule has 1 rings (SSSR count). The number of rotatable bonds is 5. The average molecular weight is 241 g/mol. The molecule has 8 heteroatoms. The minimum absolute atomic E-state index is 0.129. The topological polar surface area (TPSA) is 127 Å². The molecule has 1 unspecified atom stereocenters. The SMILES string of the molecule is Cc1noc(CCNC(=O)C(C)C(N)=NO)n1. The summed E-state index contributed by atoms with van der Waals surface area (Å²) in [5, 5.41) is 17.4. The Morgan fingerprint density at radius 3 is 2.94 bits per heavy atom.